The smallest absolute Gasteiger partial charge is 0.187 e. The number of aliphatic hydroxyl groups excluding tert-OH is 1. The summed E-state index contributed by atoms with van der Waals surface area (Å²) in [5.74, 6) is -0.672. The van der Waals surface area contributed by atoms with Crippen LogP contribution >= 0.6 is 11.3 Å². The van der Waals surface area contributed by atoms with E-state index in [9.17, 15) is 14.3 Å². The summed E-state index contributed by atoms with van der Waals surface area (Å²) in [7, 11) is 0. The normalized spacial score (nSPS) is 15.9. The Hall–Kier alpha value is -1.07. The van der Waals surface area contributed by atoms with Crippen molar-refractivity contribution >= 4 is 23.2 Å². The van der Waals surface area contributed by atoms with Crippen LogP contribution in [0, 0.1) is 6.92 Å². The van der Waals surface area contributed by atoms with Gasteiger partial charge in [0.2, 0.25) is 0 Å². The number of aryl methyl sites for hydroxylation is 1. The maximum absolute atomic E-state index is 13.2. The highest BCUT2D eigenvalue weighted by atomic mass is 32.1. The third-order valence-electron chi connectivity index (χ3n) is 2.14. The molecule has 1 aromatic heterocycles. The van der Waals surface area contributed by atoms with Crippen LogP contribution in [0.1, 0.15) is 24.5 Å². The van der Waals surface area contributed by atoms with Gasteiger partial charge in [-0.15, -0.1) is 11.3 Å². The fourth-order valence-corrected chi connectivity index (χ4v) is 1.79. The SMILES string of the molecule is CC(=O)[C@@H](F)[C@@H](O)/C(C)=C/c1csc(C)n1. The highest BCUT2D eigenvalue weighted by Crippen LogP contribution is 2.16. The lowest BCUT2D eigenvalue weighted by Crippen LogP contribution is -2.29. The van der Waals surface area contributed by atoms with Crippen LogP contribution in [0.15, 0.2) is 11.0 Å². The van der Waals surface area contributed by atoms with E-state index in [0.717, 1.165) is 11.9 Å². The van der Waals surface area contributed by atoms with E-state index in [1.54, 1.807) is 13.0 Å². The average molecular weight is 243 g/mol. The predicted octanol–water partition coefficient (Wildman–Crippen LogP) is 2.14. The van der Waals surface area contributed by atoms with Gasteiger partial charge in [0, 0.05) is 5.38 Å². The number of carbonyl (C=O) groups is 1. The summed E-state index contributed by atoms with van der Waals surface area (Å²) in [5, 5.41) is 12.2. The molecule has 1 aromatic rings. The highest BCUT2D eigenvalue weighted by molar-refractivity contribution is 7.09. The molecule has 1 heterocycles. The Morgan fingerprint density at radius 3 is 2.69 bits per heavy atom. The minimum atomic E-state index is -1.86. The molecule has 0 aromatic carbocycles. The van der Waals surface area contributed by atoms with Gasteiger partial charge in [-0.1, -0.05) is 0 Å². The van der Waals surface area contributed by atoms with Gasteiger partial charge in [-0.3, -0.25) is 4.79 Å². The second-order valence-electron chi connectivity index (χ2n) is 3.64. The van der Waals surface area contributed by atoms with Crippen LogP contribution in [-0.2, 0) is 4.79 Å². The Morgan fingerprint density at radius 2 is 2.25 bits per heavy atom. The van der Waals surface area contributed by atoms with E-state index in [1.165, 1.54) is 11.3 Å². The lowest BCUT2D eigenvalue weighted by Gasteiger charge is -2.13. The number of alkyl halides is 1. The maximum atomic E-state index is 13.2. The first-order chi connectivity index (χ1) is 7.41. The standard InChI is InChI=1S/C11H14FNO2S/c1-6(11(15)10(12)7(2)14)4-9-5-16-8(3)13-9/h4-5,10-11,15H,1-3H3/b6-4+/t10-,11+/m1/s1. The summed E-state index contributed by atoms with van der Waals surface area (Å²) in [6.45, 7) is 4.56. The Morgan fingerprint density at radius 1 is 1.62 bits per heavy atom. The molecule has 5 heteroatoms. The van der Waals surface area contributed by atoms with Crippen LogP contribution in [0.25, 0.3) is 6.08 Å². The molecule has 0 aliphatic heterocycles. The number of aromatic nitrogens is 1. The van der Waals surface area contributed by atoms with Gasteiger partial charge in [0.25, 0.3) is 0 Å². The van der Waals surface area contributed by atoms with Crippen molar-refractivity contribution in [3.63, 3.8) is 0 Å². The van der Waals surface area contributed by atoms with E-state index in [4.69, 9.17) is 0 Å². The minimum absolute atomic E-state index is 0.396. The Labute approximate surface area is 97.6 Å². The molecular formula is C11H14FNO2S. The summed E-state index contributed by atoms with van der Waals surface area (Å²) in [6, 6.07) is 0. The first-order valence-electron chi connectivity index (χ1n) is 4.84. The van der Waals surface area contributed by atoms with Crippen molar-refractivity contribution in [3.8, 4) is 0 Å². The van der Waals surface area contributed by atoms with Crippen molar-refractivity contribution in [2.75, 3.05) is 0 Å². The van der Waals surface area contributed by atoms with Crippen LogP contribution < -0.4 is 0 Å². The van der Waals surface area contributed by atoms with Crippen LogP contribution in [0.5, 0.6) is 0 Å². The molecule has 0 spiro atoms. The summed E-state index contributed by atoms with van der Waals surface area (Å²) >= 11 is 1.47. The molecule has 0 saturated carbocycles. The van der Waals surface area contributed by atoms with Crippen LogP contribution in [0.2, 0.25) is 0 Å². The number of ketones is 1. The Bertz CT molecular complexity index is 414. The summed E-state index contributed by atoms with van der Waals surface area (Å²) in [6.07, 6.45) is -1.67. The van der Waals surface area contributed by atoms with Crippen LogP contribution in [-0.4, -0.2) is 28.1 Å². The number of carbonyl (C=O) groups excluding carboxylic acids is 1. The number of rotatable bonds is 4. The first-order valence-corrected chi connectivity index (χ1v) is 5.72. The summed E-state index contributed by atoms with van der Waals surface area (Å²) in [5.41, 5.74) is 1.07. The summed E-state index contributed by atoms with van der Waals surface area (Å²) in [4.78, 5) is 14.9. The third kappa shape index (κ3) is 3.21. The van der Waals surface area contributed by atoms with E-state index in [-0.39, 0.29) is 0 Å². The van der Waals surface area contributed by atoms with Gasteiger partial charge in [-0.2, -0.15) is 0 Å². The van der Waals surface area contributed by atoms with Gasteiger partial charge in [0.05, 0.1) is 10.7 Å². The largest absolute Gasteiger partial charge is 0.385 e. The zero-order valence-electron chi connectivity index (χ0n) is 9.40. The molecule has 0 bridgehead atoms. The van der Waals surface area contributed by atoms with Crippen molar-refractivity contribution < 1.29 is 14.3 Å². The molecule has 0 saturated heterocycles. The molecular weight excluding hydrogens is 229 g/mol. The number of hydrogen-bond donors (Lipinski definition) is 1. The van der Waals surface area contributed by atoms with Crippen molar-refractivity contribution in [1.29, 1.82) is 0 Å². The average Bonchev–Trinajstić information content (AvgIpc) is 2.61. The second-order valence-corrected chi connectivity index (χ2v) is 4.70. The van der Waals surface area contributed by atoms with Crippen molar-refractivity contribution in [3.05, 3.63) is 21.7 Å². The molecule has 16 heavy (non-hydrogen) atoms. The predicted molar refractivity (Wildman–Crippen MR) is 62.1 cm³/mol. The monoisotopic (exact) mass is 243 g/mol. The number of Topliss-reactive ketones (excluding diaryl/α,β-unsaturated/α-hetero) is 1. The van der Waals surface area contributed by atoms with Crippen molar-refractivity contribution in [2.45, 2.75) is 33.0 Å². The molecule has 1 rings (SSSR count). The van der Waals surface area contributed by atoms with E-state index in [0.29, 0.717) is 11.3 Å². The van der Waals surface area contributed by atoms with Crippen LogP contribution in [0.4, 0.5) is 4.39 Å². The molecule has 0 amide bonds. The van der Waals surface area contributed by atoms with Gasteiger partial charge < -0.3 is 5.11 Å². The molecule has 1 N–H and O–H groups in total. The van der Waals surface area contributed by atoms with Gasteiger partial charge in [-0.25, -0.2) is 9.37 Å². The van der Waals surface area contributed by atoms with Crippen LogP contribution in [0.3, 0.4) is 0 Å². The quantitative estimate of drug-likeness (QED) is 0.881. The maximum Gasteiger partial charge on any atom is 0.187 e. The molecule has 0 aliphatic carbocycles. The number of halogens is 1. The fraction of sp³-hybridized carbons (Fsp3) is 0.455. The lowest BCUT2D eigenvalue weighted by molar-refractivity contribution is -0.124. The van der Waals surface area contributed by atoms with E-state index < -0.39 is 18.1 Å². The van der Waals surface area contributed by atoms with E-state index in [2.05, 4.69) is 4.98 Å². The highest BCUT2D eigenvalue weighted by Gasteiger charge is 2.24. The van der Waals surface area contributed by atoms with E-state index in [1.807, 2.05) is 12.3 Å². The summed E-state index contributed by atoms with van der Waals surface area (Å²) < 4.78 is 13.2. The fourth-order valence-electron chi connectivity index (χ4n) is 1.22. The minimum Gasteiger partial charge on any atom is -0.385 e. The van der Waals surface area contributed by atoms with E-state index >= 15 is 0 Å². The van der Waals surface area contributed by atoms with Crippen molar-refractivity contribution in [1.82, 2.24) is 4.98 Å². The zero-order valence-corrected chi connectivity index (χ0v) is 10.2. The molecule has 3 nitrogen and oxygen atoms in total. The number of nitrogens with zero attached hydrogens (tertiary/aromatic N) is 1. The second kappa shape index (κ2) is 5.32. The molecule has 0 aliphatic rings. The molecule has 0 fully saturated rings. The molecule has 0 radical (unpaired) electrons. The Balaban J connectivity index is 2.81. The zero-order chi connectivity index (χ0) is 12.3. The Kier molecular flexibility index (Phi) is 4.32. The number of thiazole rings is 1. The van der Waals surface area contributed by atoms with Gasteiger partial charge >= 0.3 is 0 Å². The van der Waals surface area contributed by atoms with Crippen molar-refractivity contribution in [2.24, 2.45) is 0 Å². The lowest BCUT2D eigenvalue weighted by atomic mass is 10.0. The number of hydrogen-bond acceptors (Lipinski definition) is 4. The molecule has 2 atom stereocenters. The van der Waals surface area contributed by atoms with Gasteiger partial charge in [0.15, 0.2) is 12.0 Å². The molecule has 88 valence electrons. The number of aliphatic hydroxyl groups is 1. The van der Waals surface area contributed by atoms with Gasteiger partial charge in [0.1, 0.15) is 6.10 Å². The first kappa shape index (κ1) is 13.0. The topological polar surface area (TPSA) is 50.2 Å². The molecule has 0 unspecified atom stereocenters. The third-order valence-corrected chi connectivity index (χ3v) is 2.94. The van der Waals surface area contributed by atoms with Gasteiger partial charge in [-0.05, 0) is 32.4 Å².